The zero-order valence-electron chi connectivity index (χ0n) is 10.9. The van der Waals surface area contributed by atoms with E-state index >= 15 is 0 Å². The summed E-state index contributed by atoms with van der Waals surface area (Å²) in [5.41, 5.74) is 8.72. The topological polar surface area (TPSA) is 76.0 Å². The highest BCUT2D eigenvalue weighted by Crippen LogP contribution is 2.27. The van der Waals surface area contributed by atoms with E-state index in [1.165, 1.54) is 0 Å². The molecule has 5 heteroatoms. The first-order chi connectivity index (χ1) is 9.22. The maximum absolute atomic E-state index is 5.90. The highest BCUT2D eigenvalue weighted by atomic mass is 16.5. The average Bonchev–Trinajstić information content (AvgIpc) is 2.76. The third kappa shape index (κ3) is 2.56. The van der Waals surface area contributed by atoms with E-state index in [1.807, 2.05) is 18.2 Å². The molecule has 3 rings (SSSR count). The van der Waals surface area contributed by atoms with Gasteiger partial charge in [0.2, 0.25) is 0 Å². The van der Waals surface area contributed by atoms with Crippen LogP contribution in [-0.2, 0) is 0 Å². The highest BCUT2D eigenvalue weighted by molar-refractivity contribution is 5.64. The first-order valence-electron chi connectivity index (χ1n) is 6.48. The summed E-state index contributed by atoms with van der Waals surface area (Å²) < 4.78 is 5.90. The molecule has 0 radical (unpaired) electrons. The molecule has 1 fully saturated rings. The van der Waals surface area contributed by atoms with E-state index in [2.05, 4.69) is 28.5 Å². The monoisotopic (exact) mass is 258 g/mol. The van der Waals surface area contributed by atoms with Gasteiger partial charge in [-0.15, -0.1) is 0 Å². The largest absolute Gasteiger partial charge is 0.493 e. The molecule has 4 N–H and O–H groups in total. The van der Waals surface area contributed by atoms with Crippen LogP contribution >= 0.6 is 0 Å². The van der Waals surface area contributed by atoms with Gasteiger partial charge in [-0.05, 0) is 18.6 Å². The van der Waals surface area contributed by atoms with Gasteiger partial charge < -0.3 is 15.8 Å². The molecular weight excluding hydrogens is 240 g/mol. The average molecular weight is 258 g/mol. The summed E-state index contributed by atoms with van der Waals surface area (Å²) in [6.07, 6.45) is 0. The van der Waals surface area contributed by atoms with Crippen molar-refractivity contribution in [1.29, 1.82) is 0 Å². The minimum Gasteiger partial charge on any atom is -0.493 e. The van der Waals surface area contributed by atoms with Gasteiger partial charge in [-0.2, -0.15) is 5.10 Å². The Morgan fingerprint density at radius 3 is 2.84 bits per heavy atom. The number of anilines is 1. The third-order valence-electron chi connectivity index (χ3n) is 3.44. The van der Waals surface area contributed by atoms with Crippen molar-refractivity contribution in [3.8, 4) is 17.0 Å². The Hall–Kier alpha value is -2.01. The van der Waals surface area contributed by atoms with Crippen LogP contribution in [0.4, 0.5) is 5.82 Å². The van der Waals surface area contributed by atoms with E-state index in [-0.39, 0.29) is 0 Å². The quantitative estimate of drug-likeness (QED) is 0.778. The molecule has 0 spiro atoms. The molecule has 1 saturated heterocycles. The van der Waals surface area contributed by atoms with Crippen molar-refractivity contribution in [3.63, 3.8) is 0 Å². The lowest BCUT2D eigenvalue weighted by atomic mass is 10.1. The van der Waals surface area contributed by atoms with Crippen LogP contribution in [0, 0.1) is 12.8 Å². The molecular formula is C14H18N4O. The number of aromatic amines is 1. The Kier molecular flexibility index (Phi) is 3.13. The van der Waals surface area contributed by atoms with Gasteiger partial charge in [0, 0.05) is 30.6 Å². The van der Waals surface area contributed by atoms with Gasteiger partial charge in [-0.25, -0.2) is 0 Å². The van der Waals surface area contributed by atoms with Crippen molar-refractivity contribution >= 4 is 5.82 Å². The van der Waals surface area contributed by atoms with E-state index in [4.69, 9.17) is 10.5 Å². The lowest BCUT2D eigenvalue weighted by molar-refractivity contribution is 0.198. The lowest BCUT2D eigenvalue weighted by Gasteiger charge is -2.27. The van der Waals surface area contributed by atoms with Crippen LogP contribution in [-0.4, -0.2) is 29.9 Å². The molecule has 0 saturated carbocycles. The molecule has 1 aliphatic heterocycles. The minimum atomic E-state index is 0.499. The molecule has 1 aromatic carbocycles. The molecule has 0 unspecified atom stereocenters. The molecule has 0 bridgehead atoms. The van der Waals surface area contributed by atoms with Gasteiger partial charge in [-0.3, -0.25) is 5.10 Å². The van der Waals surface area contributed by atoms with E-state index in [9.17, 15) is 0 Å². The van der Waals surface area contributed by atoms with Crippen LogP contribution in [0.5, 0.6) is 5.75 Å². The zero-order valence-corrected chi connectivity index (χ0v) is 10.9. The Bertz CT molecular complexity index is 575. The molecule has 1 aromatic heterocycles. The van der Waals surface area contributed by atoms with E-state index in [0.29, 0.717) is 11.7 Å². The maximum atomic E-state index is 5.90. The number of nitrogens with zero attached hydrogens (tertiary/aromatic N) is 1. The number of hydrogen-bond acceptors (Lipinski definition) is 4. The number of aromatic nitrogens is 2. The van der Waals surface area contributed by atoms with Crippen LogP contribution in [0.1, 0.15) is 5.56 Å². The zero-order chi connectivity index (χ0) is 13.2. The van der Waals surface area contributed by atoms with Crippen molar-refractivity contribution in [2.75, 3.05) is 25.4 Å². The number of aryl methyl sites for hydroxylation is 1. The summed E-state index contributed by atoms with van der Waals surface area (Å²) >= 11 is 0. The summed E-state index contributed by atoms with van der Waals surface area (Å²) in [4.78, 5) is 0. The number of nitrogens with one attached hydrogen (secondary N) is 2. The second-order valence-electron chi connectivity index (χ2n) is 5.02. The lowest BCUT2D eigenvalue weighted by Crippen LogP contribution is -2.45. The first kappa shape index (κ1) is 12.0. The smallest absolute Gasteiger partial charge is 0.145 e. The third-order valence-corrected chi connectivity index (χ3v) is 3.44. The fourth-order valence-electron chi connectivity index (χ4n) is 2.08. The number of H-pyrrole nitrogens is 1. The van der Waals surface area contributed by atoms with Gasteiger partial charge in [0.25, 0.3) is 0 Å². The SMILES string of the molecule is Cc1ccc(-c2cc(N)n[nH]2)cc1OCC1CNC1. The number of nitrogens with two attached hydrogens (primary N) is 1. The predicted molar refractivity (Wildman–Crippen MR) is 75.0 cm³/mol. The van der Waals surface area contributed by atoms with Gasteiger partial charge >= 0.3 is 0 Å². The number of ether oxygens (including phenoxy) is 1. The van der Waals surface area contributed by atoms with E-state index in [1.54, 1.807) is 0 Å². The molecule has 0 aliphatic carbocycles. The van der Waals surface area contributed by atoms with Crippen molar-refractivity contribution in [2.24, 2.45) is 5.92 Å². The molecule has 19 heavy (non-hydrogen) atoms. The Labute approximate surface area is 112 Å². The van der Waals surface area contributed by atoms with Crippen LogP contribution in [0.15, 0.2) is 24.3 Å². The summed E-state index contributed by atoms with van der Waals surface area (Å²) in [5.74, 6) is 2.06. The van der Waals surface area contributed by atoms with Gasteiger partial charge in [-0.1, -0.05) is 12.1 Å². The highest BCUT2D eigenvalue weighted by Gasteiger charge is 2.17. The van der Waals surface area contributed by atoms with Crippen molar-refractivity contribution < 1.29 is 4.74 Å². The molecule has 1 aliphatic rings. The van der Waals surface area contributed by atoms with Crippen molar-refractivity contribution in [1.82, 2.24) is 15.5 Å². The summed E-state index contributed by atoms with van der Waals surface area (Å²) in [6, 6.07) is 7.96. The summed E-state index contributed by atoms with van der Waals surface area (Å²) in [5, 5.41) is 10.1. The van der Waals surface area contributed by atoms with Crippen molar-refractivity contribution in [2.45, 2.75) is 6.92 Å². The molecule has 2 heterocycles. The second kappa shape index (κ2) is 4.93. The molecule has 0 atom stereocenters. The molecule has 0 amide bonds. The number of nitrogen functional groups attached to an aromatic ring is 1. The van der Waals surface area contributed by atoms with Crippen LogP contribution in [0.2, 0.25) is 0 Å². The first-order valence-corrected chi connectivity index (χ1v) is 6.48. The van der Waals surface area contributed by atoms with Gasteiger partial charge in [0.15, 0.2) is 0 Å². The fourth-order valence-corrected chi connectivity index (χ4v) is 2.08. The van der Waals surface area contributed by atoms with Crippen LogP contribution in [0.25, 0.3) is 11.3 Å². The number of rotatable bonds is 4. The van der Waals surface area contributed by atoms with E-state index < -0.39 is 0 Å². The Balaban J connectivity index is 1.78. The summed E-state index contributed by atoms with van der Waals surface area (Å²) in [7, 11) is 0. The molecule has 2 aromatic rings. The standard InChI is InChI=1S/C14H18N4O/c1-9-2-3-11(12-5-14(15)18-17-12)4-13(9)19-8-10-6-16-7-10/h2-5,10,16H,6-8H2,1H3,(H3,15,17,18). The van der Waals surface area contributed by atoms with Crippen molar-refractivity contribution in [3.05, 3.63) is 29.8 Å². The Morgan fingerprint density at radius 2 is 2.21 bits per heavy atom. The Morgan fingerprint density at radius 1 is 1.37 bits per heavy atom. The van der Waals surface area contributed by atoms with Gasteiger partial charge in [0.1, 0.15) is 11.6 Å². The fraction of sp³-hybridized carbons (Fsp3) is 0.357. The van der Waals surface area contributed by atoms with Crippen LogP contribution < -0.4 is 15.8 Å². The predicted octanol–water partition coefficient (Wildman–Crippen LogP) is 1.57. The van der Waals surface area contributed by atoms with E-state index in [0.717, 1.165) is 42.3 Å². The second-order valence-corrected chi connectivity index (χ2v) is 5.02. The normalized spacial score (nSPS) is 15.2. The molecule has 5 nitrogen and oxygen atoms in total. The number of hydrogen-bond donors (Lipinski definition) is 3. The van der Waals surface area contributed by atoms with Gasteiger partial charge in [0.05, 0.1) is 12.3 Å². The number of benzene rings is 1. The molecule has 100 valence electrons. The van der Waals surface area contributed by atoms with Crippen LogP contribution in [0.3, 0.4) is 0 Å². The minimum absolute atomic E-state index is 0.499. The maximum Gasteiger partial charge on any atom is 0.145 e. The summed E-state index contributed by atoms with van der Waals surface area (Å²) in [6.45, 7) is 4.92.